The highest BCUT2D eigenvalue weighted by molar-refractivity contribution is 7.15. The Balaban J connectivity index is 1.32. The molecule has 2 aliphatic rings. The average Bonchev–Trinajstić information content (AvgIpc) is 3.27. The van der Waals surface area contributed by atoms with E-state index in [1.807, 2.05) is 0 Å². The van der Waals surface area contributed by atoms with Gasteiger partial charge in [0.2, 0.25) is 11.0 Å². The lowest BCUT2D eigenvalue weighted by Crippen LogP contribution is -2.37. The van der Waals surface area contributed by atoms with E-state index in [1.165, 1.54) is 11.3 Å². The number of nitrogens with one attached hydrogen (secondary N) is 2. The number of hydrogen-bond donors (Lipinski definition) is 2. The second-order valence-corrected chi connectivity index (χ2v) is 6.79. The fourth-order valence-electron chi connectivity index (χ4n) is 2.95. The Hall–Kier alpha value is -1.84. The van der Waals surface area contributed by atoms with Gasteiger partial charge in [-0.05, 0) is 12.8 Å². The molecule has 1 unspecified atom stereocenters. The monoisotopic (exact) mass is 334 g/mol. The number of hydrogen-bond acceptors (Lipinski definition) is 7. The third-order valence-corrected chi connectivity index (χ3v) is 5.04. The van der Waals surface area contributed by atoms with Crippen LogP contribution in [0.1, 0.15) is 35.3 Å². The summed E-state index contributed by atoms with van der Waals surface area (Å²) in [5.74, 6) is -0.0667. The van der Waals surface area contributed by atoms with Gasteiger partial charge in [-0.15, -0.1) is 10.2 Å². The Morgan fingerprint density at radius 3 is 3.35 bits per heavy atom. The molecule has 0 radical (unpaired) electrons. The molecule has 1 atom stereocenters. The van der Waals surface area contributed by atoms with Gasteiger partial charge < -0.3 is 9.72 Å². The van der Waals surface area contributed by atoms with Crippen LogP contribution in [0.15, 0.2) is 6.33 Å². The van der Waals surface area contributed by atoms with Crippen LogP contribution in [-0.2, 0) is 22.5 Å². The van der Waals surface area contributed by atoms with E-state index in [4.69, 9.17) is 4.74 Å². The first-order chi connectivity index (χ1) is 11.3. The van der Waals surface area contributed by atoms with Crippen molar-refractivity contribution < 1.29 is 9.53 Å². The molecule has 0 spiro atoms. The van der Waals surface area contributed by atoms with Crippen molar-refractivity contribution in [2.45, 2.75) is 31.9 Å². The zero-order valence-electron chi connectivity index (χ0n) is 12.6. The molecule has 1 saturated heterocycles. The number of H-pyrrole nitrogens is 1. The second kappa shape index (κ2) is 6.34. The first-order valence-corrected chi connectivity index (χ1v) is 8.58. The van der Waals surface area contributed by atoms with E-state index in [-0.39, 0.29) is 12.0 Å². The molecule has 2 aliphatic heterocycles. The molecule has 23 heavy (non-hydrogen) atoms. The number of carbonyl (C=O) groups excluding carboxylic acids is 1. The van der Waals surface area contributed by atoms with Crippen LogP contribution in [0.25, 0.3) is 0 Å². The van der Waals surface area contributed by atoms with Crippen LogP contribution in [-0.4, -0.2) is 50.7 Å². The first-order valence-electron chi connectivity index (χ1n) is 7.76. The number of nitrogens with zero attached hydrogens (tertiary/aromatic N) is 4. The molecular formula is C14H18N6O2S. The van der Waals surface area contributed by atoms with Crippen LogP contribution in [0.4, 0.5) is 5.13 Å². The van der Waals surface area contributed by atoms with Crippen LogP contribution in [0.2, 0.25) is 0 Å². The van der Waals surface area contributed by atoms with Gasteiger partial charge in [0.1, 0.15) is 11.1 Å². The minimum Gasteiger partial charge on any atom is -0.371 e. The Morgan fingerprint density at radius 1 is 1.52 bits per heavy atom. The standard InChI is InChI=1S/C14H18N6O2S/c21-12(7-20-4-3-9-10(6-20)16-8-15-9)17-14-19-18-13(23-14)11-2-1-5-22-11/h8,11H,1-7H2,(H,15,16)(H,17,19,21). The predicted molar refractivity (Wildman–Crippen MR) is 84.0 cm³/mol. The van der Waals surface area contributed by atoms with E-state index in [9.17, 15) is 4.79 Å². The number of aromatic amines is 1. The van der Waals surface area contributed by atoms with Crippen LogP contribution in [0.5, 0.6) is 0 Å². The SMILES string of the molecule is O=C(CN1CCc2nc[nH]c2C1)Nc1nnc(C2CCCO2)s1. The summed E-state index contributed by atoms with van der Waals surface area (Å²) in [6.45, 7) is 2.67. The summed E-state index contributed by atoms with van der Waals surface area (Å²) < 4.78 is 5.58. The summed E-state index contributed by atoms with van der Waals surface area (Å²) in [6.07, 6.45) is 4.65. The average molecular weight is 334 g/mol. The molecule has 9 heteroatoms. The summed E-state index contributed by atoms with van der Waals surface area (Å²) in [4.78, 5) is 21.7. The van der Waals surface area contributed by atoms with Crippen molar-refractivity contribution >= 4 is 22.4 Å². The Bertz CT molecular complexity index is 693. The molecule has 1 fully saturated rings. The quantitative estimate of drug-likeness (QED) is 0.869. The van der Waals surface area contributed by atoms with Crippen molar-refractivity contribution in [1.29, 1.82) is 0 Å². The minimum absolute atomic E-state index is 0.0408. The molecule has 122 valence electrons. The summed E-state index contributed by atoms with van der Waals surface area (Å²) in [6, 6.07) is 0. The van der Waals surface area contributed by atoms with E-state index in [0.29, 0.717) is 11.7 Å². The lowest BCUT2D eigenvalue weighted by atomic mass is 10.1. The van der Waals surface area contributed by atoms with Gasteiger partial charge in [-0.1, -0.05) is 11.3 Å². The van der Waals surface area contributed by atoms with Gasteiger partial charge >= 0.3 is 0 Å². The number of carbonyl (C=O) groups is 1. The fourth-order valence-corrected chi connectivity index (χ4v) is 3.80. The highest BCUT2D eigenvalue weighted by Gasteiger charge is 2.23. The molecule has 4 heterocycles. The lowest BCUT2D eigenvalue weighted by molar-refractivity contribution is -0.117. The van der Waals surface area contributed by atoms with Gasteiger partial charge in [-0.3, -0.25) is 15.0 Å². The van der Waals surface area contributed by atoms with E-state index in [2.05, 4.69) is 30.4 Å². The molecule has 2 aromatic heterocycles. The Labute approximate surface area is 137 Å². The molecule has 0 aromatic carbocycles. The summed E-state index contributed by atoms with van der Waals surface area (Å²) in [5, 5.41) is 12.4. The zero-order valence-corrected chi connectivity index (χ0v) is 13.4. The number of aromatic nitrogens is 4. The molecular weight excluding hydrogens is 316 g/mol. The van der Waals surface area contributed by atoms with Gasteiger partial charge in [0.15, 0.2) is 0 Å². The smallest absolute Gasteiger partial charge is 0.240 e. The maximum absolute atomic E-state index is 12.2. The zero-order chi connectivity index (χ0) is 15.6. The predicted octanol–water partition coefficient (Wildman–Crippen LogP) is 1.11. The van der Waals surface area contributed by atoms with E-state index >= 15 is 0 Å². The highest BCUT2D eigenvalue weighted by Crippen LogP contribution is 2.31. The van der Waals surface area contributed by atoms with Crippen molar-refractivity contribution in [1.82, 2.24) is 25.1 Å². The molecule has 2 N–H and O–H groups in total. The molecule has 0 saturated carbocycles. The van der Waals surface area contributed by atoms with E-state index in [1.54, 1.807) is 6.33 Å². The number of fused-ring (bicyclic) bond motifs is 1. The lowest BCUT2D eigenvalue weighted by Gasteiger charge is -2.24. The maximum atomic E-state index is 12.2. The van der Waals surface area contributed by atoms with Crippen molar-refractivity contribution in [2.24, 2.45) is 0 Å². The van der Waals surface area contributed by atoms with Gasteiger partial charge in [0, 0.05) is 26.1 Å². The number of ether oxygens (including phenoxy) is 1. The maximum Gasteiger partial charge on any atom is 0.240 e. The fraction of sp³-hybridized carbons (Fsp3) is 0.571. The van der Waals surface area contributed by atoms with E-state index < -0.39 is 0 Å². The molecule has 4 rings (SSSR count). The molecule has 8 nitrogen and oxygen atoms in total. The summed E-state index contributed by atoms with van der Waals surface area (Å²) >= 11 is 1.40. The first kappa shape index (κ1) is 14.7. The molecule has 0 bridgehead atoms. The van der Waals surface area contributed by atoms with Crippen molar-refractivity contribution in [3.63, 3.8) is 0 Å². The second-order valence-electron chi connectivity index (χ2n) is 5.78. The van der Waals surface area contributed by atoms with Crippen molar-refractivity contribution in [3.05, 3.63) is 22.7 Å². The van der Waals surface area contributed by atoms with Crippen LogP contribution in [0, 0.1) is 0 Å². The normalized spacial score (nSPS) is 21.3. The third kappa shape index (κ3) is 3.26. The van der Waals surface area contributed by atoms with Gasteiger partial charge in [-0.2, -0.15) is 0 Å². The number of imidazole rings is 1. The molecule has 2 aromatic rings. The van der Waals surface area contributed by atoms with E-state index in [0.717, 1.165) is 55.4 Å². The topological polar surface area (TPSA) is 96.0 Å². The minimum atomic E-state index is -0.0667. The third-order valence-electron chi connectivity index (χ3n) is 4.11. The van der Waals surface area contributed by atoms with Gasteiger partial charge in [-0.25, -0.2) is 4.98 Å². The number of amides is 1. The summed E-state index contributed by atoms with van der Waals surface area (Å²) in [5.41, 5.74) is 2.20. The van der Waals surface area contributed by atoms with Crippen LogP contribution >= 0.6 is 11.3 Å². The van der Waals surface area contributed by atoms with Crippen LogP contribution < -0.4 is 5.32 Å². The van der Waals surface area contributed by atoms with Crippen LogP contribution in [0.3, 0.4) is 0 Å². The molecule has 1 amide bonds. The number of anilines is 1. The summed E-state index contributed by atoms with van der Waals surface area (Å²) in [7, 11) is 0. The van der Waals surface area contributed by atoms with Gasteiger partial charge in [0.05, 0.1) is 24.3 Å². The Kier molecular flexibility index (Phi) is 4.06. The van der Waals surface area contributed by atoms with Gasteiger partial charge in [0.25, 0.3) is 0 Å². The Morgan fingerprint density at radius 2 is 2.48 bits per heavy atom. The van der Waals surface area contributed by atoms with Crippen molar-refractivity contribution in [3.8, 4) is 0 Å². The molecule has 0 aliphatic carbocycles. The largest absolute Gasteiger partial charge is 0.371 e. The van der Waals surface area contributed by atoms with Crippen molar-refractivity contribution in [2.75, 3.05) is 25.0 Å². The highest BCUT2D eigenvalue weighted by atomic mass is 32.1. The number of rotatable bonds is 4.